The van der Waals surface area contributed by atoms with Crippen molar-refractivity contribution in [2.24, 2.45) is 0 Å². The molecule has 0 saturated carbocycles. The van der Waals surface area contributed by atoms with E-state index < -0.39 is 6.10 Å². The summed E-state index contributed by atoms with van der Waals surface area (Å²) in [5.41, 5.74) is 0. The van der Waals surface area contributed by atoms with Crippen molar-refractivity contribution in [3.8, 4) is 0 Å². The third-order valence-electron chi connectivity index (χ3n) is 12.4. The van der Waals surface area contributed by atoms with Gasteiger partial charge in [0.25, 0.3) is 0 Å². The van der Waals surface area contributed by atoms with Crippen LogP contribution >= 0.6 is 0 Å². The Balaban J connectivity index is 4.46. The second kappa shape index (κ2) is 56.4. The van der Waals surface area contributed by atoms with Crippen molar-refractivity contribution in [2.75, 3.05) is 13.2 Å². The zero-order valence-corrected chi connectivity index (χ0v) is 44.9. The molecule has 392 valence electrons. The fraction of sp³-hybridized carbons (Fsp3) is 0.758. The van der Waals surface area contributed by atoms with Crippen LogP contribution in [0.3, 0.4) is 0 Å². The lowest BCUT2D eigenvalue weighted by atomic mass is 10.0. The quantitative estimate of drug-likeness (QED) is 0.0262. The van der Waals surface area contributed by atoms with Crippen molar-refractivity contribution in [3.05, 3.63) is 72.9 Å². The third kappa shape index (κ3) is 53.8. The number of hydrogen-bond donors (Lipinski definition) is 0. The highest BCUT2D eigenvalue weighted by Crippen LogP contribution is 2.16. The summed E-state index contributed by atoms with van der Waals surface area (Å²) in [4.78, 5) is 38.1. The van der Waals surface area contributed by atoms with Gasteiger partial charge in [-0.05, 0) is 83.5 Å². The monoisotopic (exact) mass is 949 g/mol. The Morgan fingerprint density at radius 2 is 0.588 bits per heavy atom. The maximum absolute atomic E-state index is 12.9. The van der Waals surface area contributed by atoms with Crippen LogP contribution in [0.5, 0.6) is 0 Å². The first-order chi connectivity index (χ1) is 33.5. The van der Waals surface area contributed by atoms with Crippen molar-refractivity contribution >= 4 is 17.9 Å². The van der Waals surface area contributed by atoms with Gasteiger partial charge in [0.05, 0.1) is 0 Å². The molecule has 0 amide bonds. The van der Waals surface area contributed by atoms with Gasteiger partial charge in [-0.2, -0.15) is 0 Å². The number of esters is 3. The Morgan fingerprint density at radius 3 is 0.971 bits per heavy atom. The first-order valence-electron chi connectivity index (χ1n) is 28.9. The fourth-order valence-electron chi connectivity index (χ4n) is 8.12. The van der Waals surface area contributed by atoms with Crippen LogP contribution in [0.1, 0.15) is 284 Å². The standard InChI is InChI=1S/C62H108O6/c1-4-7-10-13-16-19-22-25-28-31-34-37-40-43-46-49-52-55-61(64)67-58-59(57-66-60(63)54-51-48-45-42-39-36-33-30-27-24-21-18-15-12-9-6-3)68-62(65)56-53-50-47-44-41-38-35-32-29-26-23-20-17-14-11-8-5-2/h7,10,16,19,25,28,30,33-34,37,43,46,59H,4-6,8-9,11-15,17-18,20-24,26-27,29,31-32,35-36,38-42,44-45,47-58H2,1-3H3/b10-7-,19-16-,28-25-,33-30-,37-34-,46-43-. The maximum Gasteiger partial charge on any atom is 0.306 e. The number of hydrogen-bond acceptors (Lipinski definition) is 6. The Bertz CT molecular complexity index is 1270. The topological polar surface area (TPSA) is 78.9 Å². The van der Waals surface area contributed by atoms with E-state index in [-0.39, 0.29) is 37.5 Å². The highest BCUT2D eigenvalue weighted by Gasteiger charge is 2.19. The molecular weight excluding hydrogens is 841 g/mol. The van der Waals surface area contributed by atoms with Gasteiger partial charge in [0, 0.05) is 19.3 Å². The van der Waals surface area contributed by atoms with E-state index in [4.69, 9.17) is 14.2 Å². The van der Waals surface area contributed by atoms with Gasteiger partial charge >= 0.3 is 17.9 Å². The van der Waals surface area contributed by atoms with Crippen molar-refractivity contribution < 1.29 is 28.6 Å². The highest BCUT2D eigenvalue weighted by atomic mass is 16.6. The summed E-state index contributed by atoms with van der Waals surface area (Å²) in [6.45, 7) is 6.50. The van der Waals surface area contributed by atoms with Crippen molar-refractivity contribution in [3.63, 3.8) is 0 Å². The fourth-order valence-corrected chi connectivity index (χ4v) is 8.12. The Labute approximate surface area is 421 Å². The first kappa shape index (κ1) is 64.8. The van der Waals surface area contributed by atoms with Crippen molar-refractivity contribution in [2.45, 2.75) is 290 Å². The second-order valence-electron chi connectivity index (χ2n) is 19.2. The van der Waals surface area contributed by atoms with E-state index in [0.717, 1.165) is 83.5 Å². The molecule has 0 fully saturated rings. The molecule has 6 heteroatoms. The van der Waals surface area contributed by atoms with Gasteiger partial charge in [0.1, 0.15) is 13.2 Å². The summed E-state index contributed by atoms with van der Waals surface area (Å²) in [5, 5.41) is 0. The third-order valence-corrected chi connectivity index (χ3v) is 12.4. The van der Waals surface area contributed by atoms with Crippen molar-refractivity contribution in [1.29, 1.82) is 0 Å². The summed E-state index contributed by atoms with van der Waals surface area (Å²) < 4.78 is 16.8. The zero-order valence-electron chi connectivity index (χ0n) is 44.9. The van der Waals surface area contributed by atoms with Crippen LogP contribution in [0.25, 0.3) is 0 Å². The minimum atomic E-state index is -0.800. The van der Waals surface area contributed by atoms with Crippen LogP contribution in [0.15, 0.2) is 72.9 Å². The number of carbonyl (C=O) groups excluding carboxylic acids is 3. The molecule has 6 nitrogen and oxygen atoms in total. The molecule has 0 aromatic carbocycles. The van der Waals surface area contributed by atoms with Gasteiger partial charge in [-0.3, -0.25) is 14.4 Å². The lowest BCUT2D eigenvalue weighted by Crippen LogP contribution is -2.30. The smallest absolute Gasteiger partial charge is 0.306 e. The summed E-state index contributed by atoms with van der Waals surface area (Å²) in [7, 11) is 0. The number of rotatable bonds is 52. The number of unbranched alkanes of at least 4 members (excludes halogenated alkanes) is 29. The number of allylic oxidation sites excluding steroid dienone is 12. The second-order valence-corrected chi connectivity index (χ2v) is 19.2. The van der Waals surface area contributed by atoms with Crippen LogP contribution in [0, 0.1) is 0 Å². The Hall–Kier alpha value is -3.15. The lowest BCUT2D eigenvalue weighted by molar-refractivity contribution is -0.167. The van der Waals surface area contributed by atoms with Crippen molar-refractivity contribution in [1.82, 2.24) is 0 Å². The molecule has 0 aromatic heterocycles. The minimum absolute atomic E-state index is 0.0951. The van der Waals surface area contributed by atoms with Crippen LogP contribution in [0.2, 0.25) is 0 Å². The van der Waals surface area contributed by atoms with Gasteiger partial charge in [-0.15, -0.1) is 0 Å². The molecule has 0 N–H and O–H groups in total. The molecule has 68 heavy (non-hydrogen) atoms. The Morgan fingerprint density at radius 1 is 0.309 bits per heavy atom. The predicted octanol–water partition coefficient (Wildman–Crippen LogP) is 19.4. The van der Waals surface area contributed by atoms with E-state index in [0.29, 0.717) is 19.3 Å². The molecule has 0 heterocycles. The normalized spacial score (nSPS) is 12.6. The molecule has 0 spiro atoms. The minimum Gasteiger partial charge on any atom is -0.462 e. The SMILES string of the molecule is CC/C=C\C/C=C\C/C=C\C/C=C\C/C=C\CCCC(=O)OCC(COC(=O)CCCCCCC/C=C\CCCCCCCCC)OC(=O)CCCCCCCCCCCCCCCCCCC. The maximum atomic E-state index is 12.9. The Kier molecular flexibility index (Phi) is 53.8. The largest absolute Gasteiger partial charge is 0.462 e. The molecule has 0 saturated heterocycles. The molecule has 0 aromatic rings. The molecule has 1 atom stereocenters. The highest BCUT2D eigenvalue weighted by molar-refractivity contribution is 5.71. The van der Waals surface area contributed by atoms with Gasteiger partial charge in [0.15, 0.2) is 6.10 Å². The first-order valence-corrected chi connectivity index (χ1v) is 28.9. The molecular formula is C62H108O6. The van der Waals surface area contributed by atoms with Crippen LogP contribution < -0.4 is 0 Å². The van der Waals surface area contributed by atoms with E-state index in [1.165, 1.54) is 154 Å². The predicted molar refractivity (Wildman–Crippen MR) is 293 cm³/mol. The summed E-state index contributed by atoms with van der Waals surface area (Å²) >= 11 is 0. The summed E-state index contributed by atoms with van der Waals surface area (Å²) in [6.07, 6.45) is 71.8. The van der Waals surface area contributed by atoms with E-state index in [1.54, 1.807) is 0 Å². The van der Waals surface area contributed by atoms with Crippen LogP contribution in [0.4, 0.5) is 0 Å². The zero-order chi connectivity index (χ0) is 49.3. The van der Waals surface area contributed by atoms with E-state index in [2.05, 4.69) is 93.7 Å². The summed E-state index contributed by atoms with van der Waals surface area (Å²) in [5.74, 6) is -0.952. The van der Waals surface area contributed by atoms with E-state index in [1.807, 2.05) is 0 Å². The molecule has 1 unspecified atom stereocenters. The van der Waals surface area contributed by atoms with Gasteiger partial charge in [-0.25, -0.2) is 0 Å². The van der Waals surface area contributed by atoms with E-state index in [9.17, 15) is 14.4 Å². The molecule has 0 aliphatic carbocycles. The van der Waals surface area contributed by atoms with Gasteiger partial charge in [-0.1, -0.05) is 254 Å². The average molecular weight is 950 g/mol. The van der Waals surface area contributed by atoms with Gasteiger partial charge < -0.3 is 14.2 Å². The molecule has 0 radical (unpaired) electrons. The summed E-state index contributed by atoms with van der Waals surface area (Å²) in [6, 6.07) is 0. The number of carbonyl (C=O) groups is 3. The molecule has 0 aliphatic heterocycles. The van der Waals surface area contributed by atoms with Gasteiger partial charge in [0.2, 0.25) is 0 Å². The molecule has 0 bridgehead atoms. The van der Waals surface area contributed by atoms with E-state index >= 15 is 0 Å². The average Bonchev–Trinajstić information content (AvgIpc) is 3.34. The lowest BCUT2D eigenvalue weighted by Gasteiger charge is -2.18. The molecule has 0 rings (SSSR count). The van der Waals surface area contributed by atoms with Crippen LogP contribution in [-0.4, -0.2) is 37.2 Å². The number of ether oxygens (including phenoxy) is 3. The van der Waals surface area contributed by atoms with Crippen LogP contribution in [-0.2, 0) is 28.6 Å². The molecule has 0 aliphatic rings.